The van der Waals surface area contributed by atoms with E-state index in [1.54, 1.807) is 7.05 Å². The molecular formula is C14H22N4O2. The predicted molar refractivity (Wildman–Crippen MR) is 78.3 cm³/mol. The Balaban J connectivity index is 2.64. The van der Waals surface area contributed by atoms with Gasteiger partial charge in [0.25, 0.3) is 5.91 Å². The molecule has 0 aliphatic rings. The van der Waals surface area contributed by atoms with Gasteiger partial charge in [0.15, 0.2) is 0 Å². The summed E-state index contributed by atoms with van der Waals surface area (Å²) in [5.74, 6) is -0.0105. The van der Waals surface area contributed by atoms with Crippen LogP contribution in [0.1, 0.15) is 12.0 Å². The highest BCUT2D eigenvalue weighted by atomic mass is 16.3. The summed E-state index contributed by atoms with van der Waals surface area (Å²) in [6.07, 6.45) is 0.511. The largest absolute Gasteiger partial charge is 0.396 e. The van der Waals surface area contributed by atoms with Crippen molar-refractivity contribution < 1.29 is 9.90 Å². The van der Waals surface area contributed by atoms with E-state index < -0.39 is 0 Å². The monoisotopic (exact) mass is 278 g/mol. The molecule has 0 aliphatic carbocycles. The third-order valence-corrected chi connectivity index (χ3v) is 2.70. The highest BCUT2D eigenvalue weighted by Crippen LogP contribution is 2.01. The average molecular weight is 278 g/mol. The predicted octanol–water partition coefficient (Wildman–Crippen LogP) is -0.378. The summed E-state index contributed by atoms with van der Waals surface area (Å²) >= 11 is 0. The van der Waals surface area contributed by atoms with Gasteiger partial charge in [0.2, 0.25) is 0 Å². The molecule has 0 radical (unpaired) electrons. The van der Waals surface area contributed by atoms with Gasteiger partial charge in [-0.2, -0.15) is 0 Å². The van der Waals surface area contributed by atoms with Crippen LogP contribution in [-0.2, 0) is 11.3 Å². The van der Waals surface area contributed by atoms with E-state index in [0.717, 1.165) is 5.56 Å². The number of hydrogen-bond donors (Lipinski definition) is 5. The second kappa shape index (κ2) is 8.82. The van der Waals surface area contributed by atoms with Gasteiger partial charge in [-0.25, -0.2) is 0 Å². The van der Waals surface area contributed by atoms with Crippen LogP contribution in [0.2, 0.25) is 0 Å². The summed E-state index contributed by atoms with van der Waals surface area (Å²) in [6.45, 7) is 0.951. The molecule has 0 heterocycles. The van der Waals surface area contributed by atoms with E-state index in [-0.39, 0.29) is 18.3 Å². The standard InChI is InChI=1S/C14H22N4O2/c1-16-13(15)12(14(20)17-8-5-9-19)18-10-11-6-3-2-4-7-11/h2-4,6-7,16,18-19H,5,8-10,15H2,1H3,(H,17,20)/b13-12+. The summed E-state index contributed by atoms with van der Waals surface area (Å²) in [7, 11) is 1.65. The van der Waals surface area contributed by atoms with Gasteiger partial charge < -0.3 is 26.8 Å². The maximum Gasteiger partial charge on any atom is 0.271 e. The lowest BCUT2D eigenvalue weighted by molar-refractivity contribution is -0.118. The summed E-state index contributed by atoms with van der Waals surface area (Å²) < 4.78 is 0. The van der Waals surface area contributed by atoms with E-state index in [2.05, 4.69) is 16.0 Å². The van der Waals surface area contributed by atoms with E-state index in [4.69, 9.17) is 10.8 Å². The number of nitrogens with one attached hydrogen (secondary N) is 3. The second-order valence-electron chi connectivity index (χ2n) is 4.21. The molecule has 0 saturated heterocycles. The summed E-state index contributed by atoms with van der Waals surface area (Å²) in [6, 6.07) is 9.73. The number of aliphatic hydroxyl groups is 1. The van der Waals surface area contributed by atoms with Crippen LogP contribution in [0.25, 0.3) is 0 Å². The van der Waals surface area contributed by atoms with Crippen molar-refractivity contribution in [3.8, 4) is 0 Å². The van der Waals surface area contributed by atoms with Crippen LogP contribution in [0.4, 0.5) is 0 Å². The van der Waals surface area contributed by atoms with Gasteiger partial charge >= 0.3 is 0 Å². The molecule has 1 aromatic carbocycles. The molecule has 0 saturated carbocycles. The van der Waals surface area contributed by atoms with Crippen molar-refractivity contribution in [2.45, 2.75) is 13.0 Å². The van der Waals surface area contributed by atoms with Crippen LogP contribution >= 0.6 is 0 Å². The lowest BCUT2D eigenvalue weighted by Crippen LogP contribution is -2.37. The molecule has 6 heteroatoms. The van der Waals surface area contributed by atoms with Crippen LogP contribution in [0, 0.1) is 0 Å². The molecule has 20 heavy (non-hydrogen) atoms. The normalized spacial score (nSPS) is 11.5. The number of carbonyl (C=O) groups excluding carboxylic acids is 1. The van der Waals surface area contributed by atoms with Gasteiger partial charge in [-0.05, 0) is 12.0 Å². The second-order valence-corrected chi connectivity index (χ2v) is 4.21. The van der Waals surface area contributed by atoms with Crippen molar-refractivity contribution >= 4 is 5.91 Å². The maximum atomic E-state index is 12.0. The molecule has 1 amide bonds. The Bertz CT molecular complexity index is 446. The zero-order valence-corrected chi connectivity index (χ0v) is 11.6. The number of aliphatic hydroxyl groups excluding tert-OH is 1. The highest BCUT2D eigenvalue weighted by molar-refractivity contribution is 5.93. The zero-order chi connectivity index (χ0) is 14.8. The molecule has 1 aromatic rings. The van der Waals surface area contributed by atoms with Gasteiger partial charge in [-0.15, -0.1) is 0 Å². The molecule has 0 unspecified atom stereocenters. The first-order chi connectivity index (χ1) is 9.69. The van der Waals surface area contributed by atoms with E-state index >= 15 is 0 Å². The van der Waals surface area contributed by atoms with Crippen LogP contribution < -0.4 is 21.7 Å². The van der Waals surface area contributed by atoms with Gasteiger partial charge in [-0.3, -0.25) is 4.79 Å². The third kappa shape index (κ3) is 5.19. The maximum absolute atomic E-state index is 12.0. The smallest absolute Gasteiger partial charge is 0.271 e. The fourth-order valence-electron chi connectivity index (χ4n) is 1.58. The number of hydrogen-bond acceptors (Lipinski definition) is 5. The number of nitrogens with two attached hydrogens (primary N) is 1. The summed E-state index contributed by atoms with van der Waals surface area (Å²) in [4.78, 5) is 12.0. The molecule has 0 aliphatic heterocycles. The fourth-order valence-corrected chi connectivity index (χ4v) is 1.58. The molecule has 6 nitrogen and oxygen atoms in total. The minimum Gasteiger partial charge on any atom is -0.396 e. The van der Waals surface area contributed by atoms with Crippen molar-refractivity contribution in [3.05, 3.63) is 47.4 Å². The van der Waals surface area contributed by atoms with Gasteiger partial charge in [-0.1, -0.05) is 30.3 Å². The number of rotatable bonds is 8. The van der Waals surface area contributed by atoms with Gasteiger partial charge in [0, 0.05) is 26.7 Å². The Hall–Kier alpha value is -2.21. The van der Waals surface area contributed by atoms with Crippen molar-refractivity contribution in [2.24, 2.45) is 5.73 Å². The fraction of sp³-hybridized carbons (Fsp3) is 0.357. The molecule has 6 N–H and O–H groups in total. The van der Waals surface area contributed by atoms with Crippen LogP contribution in [0.3, 0.4) is 0 Å². The molecule has 110 valence electrons. The molecule has 0 spiro atoms. The third-order valence-electron chi connectivity index (χ3n) is 2.70. The first kappa shape index (κ1) is 15.8. The van der Waals surface area contributed by atoms with Gasteiger partial charge in [0.05, 0.1) is 0 Å². The number of carbonyl (C=O) groups is 1. The Morgan fingerprint density at radius 2 is 1.95 bits per heavy atom. The molecule has 0 aromatic heterocycles. The molecule has 0 bridgehead atoms. The topological polar surface area (TPSA) is 99.4 Å². The quantitative estimate of drug-likeness (QED) is 0.330. The molecule has 0 atom stereocenters. The zero-order valence-electron chi connectivity index (χ0n) is 11.6. The lowest BCUT2D eigenvalue weighted by Gasteiger charge is -2.14. The van der Waals surface area contributed by atoms with E-state index in [1.165, 1.54) is 0 Å². The van der Waals surface area contributed by atoms with E-state index in [1.807, 2.05) is 30.3 Å². The van der Waals surface area contributed by atoms with Crippen molar-refractivity contribution in [1.29, 1.82) is 0 Å². The minimum absolute atomic E-state index is 0.0400. The van der Waals surface area contributed by atoms with Crippen molar-refractivity contribution in [3.63, 3.8) is 0 Å². The van der Waals surface area contributed by atoms with Gasteiger partial charge in [0.1, 0.15) is 11.5 Å². The Morgan fingerprint density at radius 3 is 2.55 bits per heavy atom. The summed E-state index contributed by atoms with van der Waals surface area (Å²) in [5, 5.41) is 17.2. The minimum atomic E-state index is -0.291. The first-order valence-corrected chi connectivity index (χ1v) is 6.53. The van der Waals surface area contributed by atoms with Crippen molar-refractivity contribution in [1.82, 2.24) is 16.0 Å². The SMILES string of the molecule is CN/C(N)=C(/NCc1ccccc1)C(=O)NCCCO. The highest BCUT2D eigenvalue weighted by Gasteiger charge is 2.12. The van der Waals surface area contributed by atoms with Crippen LogP contribution in [0.5, 0.6) is 0 Å². The lowest BCUT2D eigenvalue weighted by atomic mass is 10.2. The van der Waals surface area contributed by atoms with Crippen molar-refractivity contribution in [2.75, 3.05) is 20.2 Å². The molecular weight excluding hydrogens is 256 g/mol. The molecule has 1 rings (SSSR count). The van der Waals surface area contributed by atoms with Crippen LogP contribution in [-0.4, -0.2) is 31.2 Å². The Labute approximate surface area is 119 Å². The number of amides is 1. The Kier molecular flexibility index (Phi) is 6.99. The first-order valence-electron chi connectivity index (χ1n) is 6.53. The number of benzene rings is 1. The van der Waals surface area contributed by atoms with E-state index in [0.29, 0.717) is 25.2 Å². The van der Waals surface area contributed by atoms with Crippen LogP contribution in [0.15, 0.2) is 41.8 Å². The molecule has 0 fully saturated rings. The Morgan fingerprint density at radius 1 is 1.25 bits per heavy atom. The average Bonchev–Trinajstić information content (AvgIpc) is 2.48. The van der Waals surface area contributed by atoms with E-state index in [9.17, 15) is 4.79 Å². The summed E-state index contributed by atoms with van der Waals surface area (Å²) in [5.41, 5.74) is 7.14.